The number of hydrogen-bond acceptors (Lipinski definition) is 15. The fraction of sp³-hybridized carbons (Fsp3) is 0.511. The second-order valence-corrected chi connectivity index (χ2v) is 27.6. The quantitative estimate of drug-likeness (QED) is 0.0414. The average Bonchev–Trinajstić information content (AvgIpc) is 3.58. The van der Waals surface area contributed by atoms with Gasteiger partial charge in [0.25, 0.3) is 50.6 Å². The van der Waals surface area contributed by atoms with Gasteiger partial charge in [-0.05, 0) is 110 Å². The summed E-state index contributed by atoms with van der Waals surface area (Å²) in [6.07, 6.45) is 8.13. The van der Waals surface area contributed by atoms with Crippen LogP contribution in [-0.4, -0.2) is 137 Å². The third-order valence-corrected chi connectivity index (χ3v) is 18.1. The average molecular weight is 1150 g/mol. The maximum atomic E-state index is 14.7. The van der Waals surface area contributed by atoms with E-state index in [2.05, 4.69) is 10.6 Å². The van der Waals surface area contributed by atoms with Crippen molar-refractivity contribution >= 4 is 79.7 Å². The number of fused-ring (bicyclic) bond motifs is 2. The number of carbonyl (C=O) groups is 3. The predicted octanol–water partition coefficient (Wildman–Crippen LogP) is 4.23. The smallest absolute Gasteiger partial charge is 0.303 e. The summed E-state index contributed by atoms with van der Waals surface area (Å²) < 4.78 is 169. The van der Waals surface area contributed by atoms with Crippen molar-refractivity contribution in [2.24, 2.45) is 5.41 Å². The van der Waals surface area contributed by atoms with E-state index in [1.807, 2.05) is 0 Å². The third-order valence-electron chi connectivity index (χ3n) is 14.1. The number of hydrogen-bond donors (Lipinski definition) is 8. The molecule has 75 heavy (non-hydrogen) atoms. The summed E-state index contributed by atoms with van der Waals surface area (Å²) >= 11 is 0. The largest absolute Gasteiger partial charge is 0.481 e. The lowest BCUT2D eigenvalue weighted by Crippen LogP contribution is -2.53. The number of nitrogens with one attached hydrogen (secondary N) is 2. The minimum atomic E-state index is -4.70. The molecule has 2 aromatic carbocycles. The number of anilines is 2. The number of unbranched alkanes of at least 4 members (excludes halogenated alkanes) is 2. The van der Waals surface area contributed by atoms with Crippen molar-refractivity contribution in [3.05, 3.63) is 94.7 Å². The molecule has 23 nitrogen and oxygen atoms in total. The fourth-order valence-electron chi connectivity index (χ4n) is 9.89. The molecule has 5 rings (SSSR count). The SMILES string of the molecule is CC1(C)/C(=C\C=C2C=C(/C=C/C3(C)N(CCCS(=O)(=O)O)c4ccc(S(=O)(=O)O)cc4C3(C)C)CC(C(=O)NCCCCCC(=O)O)(C(=O)NCCS(=O)(=O)O)C\2)N(CCCS(=O)(=O)O)c2ccc(S(=O)(=O)O)cc21. The van der Waals surface area contributed by atoms with Crippen LogP contribution in [0.15, 0.2) is 93.4 Å². The van der Waals surface area contributed by atoms with Crippen LogP contribution >= 0.6 is 0 Å². The molecule has 2 aliphatic heterocycles. The van der Waals surface area contributed by atoms with E-state index in [0.29, 0.717) is 58.6 Å². The summed E-state index contributed by atoms with van der Waals surface area (Å²) in [6, 6.07) is 7.78. The maximum Gasteiger partial charge on any atom is 0.303 e. The minimum Gasteiger partial charge on any atom is -0.481 e. The number of amides is 2. The minimum absolute atomic E-state index is 0.0123. The number of benzene rings is 2. The number of carboxylic acids is 1. The number of carboxylic acid groups (broad SMARTS) is 1. The molecule has 0 spiro atoms. The molecule has 8 N–H and O–H groups in total. The second-order valence-electron chi connectivity index (χ2n) is 20.1. The van der Waals surface area contributed by atoms with E-state index in [0.717, 1.165) is 6.07 Å². The van der Waals surface area contributed by atoms with Crippen LogP contribution < -0.4 is 20.4 Å². The van der Waals surface area contributed by atoms with Crippen molar-refractivity contribution in [3.8, 4) is 0 Å². The van der Waals surface area contributed by atoms with Crippen LogP contribution in [0.2, 0.25) is 0 Å². The molecule has 0 saturated heterocycles. The van der Waals surface area contributed by atoms with E-state index < -0.39 is 124 Å². The van der Waals surface area contributed by atoms with Crippen LogP contribution in [0.4, 0.5) is 11.4 Å². The van der Waals surface area contributed by atoms with Crippen molar-refractivity contribution < 1.29 is 84.3 Å². The summed E-state index contributed by atoms with van der Waals surface area (Å²) in [6.45, 7) is 8.11. The molecule has 416 valence electrons. The van der Waals surface area contributed by atoms with Crippen LogP contribution in [-0.2, 0) is 75.8 Å². The van der Waals surface area contributed by atoms with Crippen LogP contribution in [0.3, 0.4) is 0 Å². The molecule has 0 saturated carbocycles. The fourth-order valence-corrected chi connectivity index (χ4v) is 12.3. The van der Waals surface area contributed by atoms with Gasteiger partial charge in [-0.3, -0.25) is 37.1 Å². The molecule has 2 unspecified atom stereocenters. The summed E-state index contributed by atoms with van der Waals surface area (Å²) in [5, 5.41) is 14.4. The highest BCUT2D eigenvalue weighted by molar-refractivity contribution is 7.86. The van der Waals surface area contributed by atoms with Gasteiger partial charge in [0, 0.05) is 60.5 Å². The van der Waals surface area contributed by atoms with E-state index in [1.165, 1.54) is 30.3 Å². The molecular weight excluding hydrogens is 1080 g/mol. The first-order valence-corrected chi connectivity index (χ1v) is 31.3. The molecule has 28 heteroatoms. The van der Waals surface area contributed by atoms with Crippen molar-refractivity contribution in [1.29, 1.82) is 0 Å². The molecule has 0 bridgehead atoms. The first-order valence-electron chi connectivity index (χ1n) is 23.6. The molecule has 2 amide bonds. The van der Waals surface area contributed by atoms with Gasteiger partial charge in [0.05, 0.1) is 32.6 Å². The number of allylic oxidation sites excluding steroid dienone is 7. The zero-order valence-electron chi connectivity index (χ0n) is 41.9. The number of aliphatic carboxylic acids is 1. The zero-order chi connectivity index (χ0) is 56.4. The molecule has 3 aliphatic rings. The van der Waals surface area contributed by atoms with E-state index in [9.17, 15) is 79.2 Å². The van der Waals surface area contributed by atoms with Gasteiger partial charge < -0.3 is 25.5 Å². The Bertz CT molecular complexity index is 3290. The Labute approximate surface area is 438 Å². The van der Waals surface area contributed by atoms with Gasteiger partial charge in [0.1, 0.15) is 5.41 Å². The third kappa shape index (κ3) is 14.7. The Balaban J connectivity index is 1.73. The molecule has 0 radical (unpaired) electrons. The van der Waals surface area contributed by atoms with Crippen LogP contribution in [0.25, 0.3) is 0 Å². The first-order chi connectivity index (χ1) is 34.3. The van der Waals surface area contributed by atoms with Crippen LogP contribution in [0, 0.1) is 5.41 Å². The van der Waals surface area contributed by atoms with E-state index in [1.54, 1.807) is 74.8 Å². The standard InChI is InChI=1S/C47H64N4O19S5/c1-44(2)36-28-34(74(65,66)67)13-15-38(36)50(22-9-24-71(56,57)58)40(44)17-12-32-27-33(31-47(30-32,43(55)49-21-26-73(62,63)64)42(54)48-20-8-6-7-11-41(52)53)18-19-46(5)45(3,4)37-29-35(75(68,69)70)14-16-39(37)51(46)23-10-25-72(59,60)61/h12-19,27-29H,6-11,20-26,30-31H2,1-5H3,(H,48,54)(H,49,55)(H,52,53)(H,56,57,58)(H,59,60,61)(H,62,63,64)(H,65,66,67)(H,68,69,70)/b19-18+,32-12-,40-17+. The highest BCUT2D eigenvalue weighted by Crippen LogP contribution is 2.54. The van der Waals surface area contributed by atoms with Gasteiger partial charge in [-0.15, -0.1) is 0 Å². The molecule has 2 heterocycles. The summed E-state index contributed by atoms with van der Waals surface area (Å²) in [7, 11) is -22.9. The van der Waals surface area contributed by atoms with Gasteiger partial charge in [0.15, 0.2) is 0 Å². The summed E-state index contributed by atoms with van der Waals surface area (Å²) in [5.74, 6) is -4.97. The molecule has 2 aromatic rings. The first kappa shape index (κ1) is 60.8. The highest BCUT2D eigenvalue weighted by atomic mass is 32.2. The maximum absolute atomic E-state index is 14.7. The van der Waals surface area contributed by atoms with Gasteiger partial charge in [0.2, 0.25) is 11.8 Å². The molecule has 0 fully saturated rings. The lowest BCUT2D eigenvalue weighted by molar-refractivity contribution is -0.144. The predicted molar refractivity (Wildman–Crippen MR) is 277 cm³/mol. The molecular formula is C47H64N4O19S5. The van der Waals surface area contributed by atoms with E-state index in [4.69, 9.17) is 5.11 Å². The number of nitrogens with zero attached hydrogens (tertiary/aromatic N) is 2. The molecule has 2 atom stereocenters. The Morgan fingerprint density at radius 3 is 1.71 bits per heavy atom. The topological polar surface area (TPSA) is 374 Å². The van der Waals surface area contributed by atoms with Crippen molar-refractivity contribution in [3.63, 3.8) is 0 Å². The number of carbonyl (C=O) groups excluding carboxylic acids is 2. The van der Waals surface area contributed by atoms with E-state index in [-0.39, 0.29) is 51.7 Å². The second kappa shape index (κ2) is 22.5. The zero-order valence-corrected chi connectivity index (χ0v) is 46.0. The Morgan fingerprint density at radius 2 is 1.16 bits per heavy atom. The molecule has 1 aliphatic carbocycles. The van der Waals surface area contributed by atoms with E-state index >= 15 is 0 Å². The Kier molecular flexibility index (Phi) is 18.3. The Morgan fingerprint density at radius 1 is 0.627 bits per heavy atom. The monoisotopic (exact) mass is 1150 g/mol. The van der Waals surface area contributed by atoms with Crippen LogP contribution in [0.5, 0.6) is 0 Å². The van der Waals surface area contributed by atoms with Gasteiger partial charge in [-0.25, -0.2) is 0 Å². The van der Waals surface area contributed by atoms with Crippen molar-refractivity contribution in [1.82, 2.24) is 10.6 Å². The summed E-state index contributed by atoms with van der Waals surface area (Å²) in [4.78, 5) is 43.2. The van der Waals surface area contributed by atoms with Gasteiger partial charge in [-0.1, -0.05) is 58.4 Å². The Hall–Kier alpha value is -5.04. The van der Waals surface area contributed by atoms with Crippen molar-refractivity contribution in [2.45, 2.75) is 112 Å². The van der Waals surface area contributed by atoms with Gasteiger partial charge in [-0.2, -0.15) is 42.1 Å². The van der Waals surface area contributed by atoms with Crippen molar-refractivity contribution in [2.75, 3.05) is 53.2 Å². The lowest BCUT2D eigenvalue weighted by Gasteiger charge is -2.44. The normalized spacial score (nSPS) is 21.8. The van der Waals surface area contributed by atoms with Gasteiger partial charge >= 0.3 is 5.97 Å². The summed E-state index contributed by atoms with van der Waals surface area (Å²) in [5.41, 5.74) is -2.64. The van der Waals surface area contributed by atoms with Crippen LogP contribution in [0.1, 0.15) is 97.1 Å². The lowest BCUT2D eigenvalue weighted by atomic mass is 9.68. The number of rotatable bonds is 24. The molecule has 0 aromatic heterocycles. The highest BCUT2D eigenvalue weighted by Gasteiger charge is 2.53.